The third-order valence-electron chi connectivity index (χ3n) is 2.02. The first kappa shape index (κ1) is 10.8. The van der Waals surface area contributed by atoms with Gasteiger partial charge >= 0.3 is 0 Å². The second-order valence-corrected chi connectivity index (χ2v) is 3.29. The Bertz CT molecular complexity index is 411. The summed E-state index contributed by atoms with van der Waals surface area (Å²) in [4.78, 5) is 0. The molecule has 16 heavy (non-hydrogen) atoms. The summed E-state index contributed by atoms with van der Waals surface area (Å²) in [6.07, 6.45) is 3.33. The predicted octanol–water partition coefficient (Wildman–Crippen LogP) is -0.452. The van der Waals surface area contributed by atoms with Gasteiger partial charge in [0.15, 0.2) is 0 Å². The Morgan fingerprint density at radius 1 is 1.38 bits per heavy atom. The standard InChI is InChI=1S/C9H13N5O2/c15-3-2-14-7-9(11-13-14)6-10-5-8-1-4-16-12-8/h1,4,7,10,15H,2-3,5-6H2. The Labute approximate surface area is 92.1 Å². The molecule has 0 spiro atoms. The highest BCUT2D eigenvalue weighted by Crippen LogP contribution is 1.96. The van der Waals surface area contributed by atoms with Gasteiger partial charge in [0.25, 0.3) is 0 Å². The molecule has 0 aliphatic heterocycles. The topological polar surface area (TPSA) is 89.0 Å². The molecule has 2 aromatic rings. The molecule has 2 aromatic heterocycles. The van der Waals surface area contributed by atoms with Crippen LogP contribution in [0.15, 0.2) is 23.0 Å². The van der Waals surface area contributed by atoms with Crippen molar-refractivity contribution in [2.45, 2.75) is 19.6 Å². The fraction of sp³-hybridized carbons (Fsp3) is 0.444. The lowest BCUT2D eigenvalue weighted by Gasteiger charge is -1.97. The van der Waals surface area contributed by atoms with E-state index < -0.39 is 0 Å². The summed E-state index contributed by atoms with van der Waals surface area (Å²) in [5.74, 6) is 0. The lowest BCUT2D eigenvalue weighted by molar-refractivity contribution is 0.268. The van der Waals surface area contributed by atoms with Crippen molar-refractivity contribution in [1.29, 1.82) is 0 Å². The van der Waals surface area contributed by atoms with Gasteiger partial charge in [-0.25, -0.2) is 4.68 Å². The first-order chi connectivity index (χ1) is 7.88. The average molecular weight is 223 g/mol. The van der Waals surface area contributed by atoms with Crippen LogP contribution in [0.5, 0.6) is 0 Å². The van der Waals surface area contributed by atoms with Crippen LogP contribution in [-0.2, 0) is 19.6 Å². The molecular weight excluding hydrogens is 210 g/mol. The summed E-state index contributed by atoms with van der Waals surface area (Å²) in [6.45, 7) is 1.77. The normalized spacial score (nSPS) is 10.8. The second kappa shape index (κ2) is 5.38. The van der Waals surface area contributed by atoms with E-state index in [4.69, 9.17) is 9.63 Å². The molecule has 2 heterocycles. The number of rotatable bonds is 6. The largest absolute Gasteiger partial charge is 0.394 e. The van der Waals surface area contributed by atoms with E-state index in [1.807, 2.05) is 0 Å². The molecule has 0 aliphatic carbocycles. The van der Waals surface area contributed by atoms with Crippen molar-refractivity contribution in [1.82, 2.24) is 25.5 Å². The van der Waals surface area contributed by atoms with Crippen LogP contribution in [-0.4, -0.2) is 31.9 Å². The van der Waals surface area contributed by atoms with Gasteiger partial charge in [-0.05, 0) is 0 Å². The maximum Gasteiger partial charge on any atom is 0.124 e. The van der Waals surface area contributed by atoms with Crippen molar-refractivity contribution in [2.24, 2.45) is 0 Å². The molecule has 0 amide bonds. The van der Waals surface area contributed by atoms with E-state index >= 15 is 0 Å². The minimum absolute atomic E-state index is 0.0647. The number of aliphatic hydroxyl groups excluding tert-OH is 1. The van der Waals surface area contributed by atoms with Crippen molar-refractivity contribution in [3.63, 3.8) is 0 Å². The molecule has 0 unspecified atom stereocenters. The highest BCUT2D eigenvalue weighted by atomic mass is 16.5. The molecule has 0 radical (unpaired) electrons. The molecule has 0 saturated heterocycles. The molecule has 0 bridgehead atoms. The summed E-state index contributed by atoms with van der Waals surface area (Å²) in [5, 5.41) is 23.4. The van der Waals surface area contributed by atoms with Crippen LogP contribution < -0.4 is 5.32 Å². The molecule has 7 heteroatoms. The maximum atomic E-state index is 8.71. The van der Waals surface area contributed by atoms with E-state index in [1.54, 1.807) is 16.9 Å². The summed E-state index contributed by atoms with van der Waals surface area (Å²) in [5.41, 5.74) is 1.68. The molecule has 2 rings (SSSR count). The Hall–Kier alpha value is -1.73. The minimum atomic E-state index is 0.0647. The summed E-state index contributed by atoms with van der Waals surface area (Å²) in [7, 11) is 0. The van der Waals surface area contributed by atoms with Gasteiger partial charge in [-0.1, -0.05) is 10.4 Å². The van der Waals surface area contributed by atoms with Gasteiger partial charge in [0.05, 0.1) is 24.5 Å². The predicted molar refractivity (Wildman–Crippen MR) is 54.2 cm³/mol. The summed E-state index contributed by atoms with van der Waals surface area (Å²) in [6, 6.07) is 1.80. The number of hydrogen-bond acceptors (Lipinski definition) is 6. The molecule has 0 aliphatic rings. The first-order valence-electron chi connectivity index (χ1n) is 4.98. The van der Waals surface area contributed by atoms with Crippen LogP contribution in [0, 0.1) is 0 Å². The van der Waals surface area contributed by atoms with E-state index in [-0.39, 0.29) is 6.61 Å². The smallest absolute Gasteiger partial charge is 0.124 e. The number of nitrogens with one attached hydrogen (secondary N) is 1. The second-order valence-electron chi connectivity index (χ2n) is 3.29. The van der Waals surface area contributed by atoms with Gasteiger partial charge in [-0.3, -0.25) is 0 Å². The lowest BCUT2D eigenvalue weighted by atomic mass is 10.4. The van der Waals surface area contributed by atoms with Gasteiger partial charge < -0.3 is 14.9 Å². The van der Waals surface area contributed by atoms with Crippen molar-refractivity contribution >= 4 is 0 Å². The molecule has 7 nitrogen and oxygen atoms in total. The number of hydrogen-bond donors (Lipinski definition) is 2. The van der Waals surface area contributed by atoms with Gasteiger partial charge in [0.1, 0.15) is 6.26 Å². The molecular formula is C9H13N5O2. The van der Waals surface area contributed by atoms with E-state index in [9.17, 15) is 0 Å². The van der Waals surface area contributed by atoms with E-state index in [0.29, 0.717) is 19.6 Å². The number of nitrogens with zero attached hydrogens (tertiary/aromatic N) is 4. The van der Waals surface area contributed by atoms with Gasteiger partial charge in [0, 0.05) is 25.4 Å². The van der Waals surface area contributed by atoms with Gasteiger partial charge in [-0.15, -0.1) is 5.10 Å². The van der Waals surface area contributed by atoms with Crippen LogP contribution in [0.2, 0.25) is 0 Å². The van der Waals surface area contributed by atoms with Crippen molar-refractivity contribution < 1.29 is 9.63 Å². The van der Waals surface area contributed by atoms with Crippen LogP contribution >= 0.6 is 0 Å². The zero-order chi connectivity index (χ0) is 11.2. The third-order valence-corrected chi connectivity index (χ3v) is 2.02. The van der Waals surface area contributed by atoms with Crippen LogP contribution in [0.4, 0.5) is 0 Å². The highest BCUT2D eigenvalue weighted by Gasteiger charge is 2.01. The van der Waals surface area contributed by atoms with E-state index in [2.05, 4.69) is 20.8 Å². The van der Waals surface area contributed by atoms with E-state index in [0.717, 1.165) is 11.4 Å². The summed E-state index contributed by atoms with van der Waals surface area (Å²) < 4.78 is 6.31. The maximum absolute atomic E-state index is 8.71. The zero-order valence-corrected chi connectivity index (χ0v) is 8.70. The Kier molecular flexibility index (Phi) is 3.62. The molecule has 86 valence electrons. The molecule has 0 saturated carbocycles. The SMILES string of the molecule is OCCn1cc(CNCc2ccon2)nn1. The number of aromatic nitrogens is 4. The fourth-order valence-electron chi connectivity index (χ4n) is 1.28. The Balaban J connectivity index is 1.76. The monoisotopic (exact) mass is 223 g/mol. The lowest BCUT2D eigenvalue weighted by Crippen LogP contribution is -2.13. The van der Waals surface area contributed by atoms with Crippen molar-refractivity contribution in [3.8, 4) is 0 Å². The van der Waals surface area contributed by atoms with Crippen molar-refractivity contribution in [2.75, 3.05) is 6.61 Å². The minimum Gasteiger partial charge on any atom is -0.394 e. The van der Waals surface area contributed by atoms with E-state index in [1.165, 1.54) is 6.26 Å². The zero-order valence-electron chi connectivity index (χ0n) is 8.70. The van der Waals surface area contributed by atoms with Crippen molar-refractivity contribution in [3.05, 3.63) is 29.9 Å². The third kappa shape index (κ3) is 2.88. The quantitative estimate of drug-likeness (QED) is 0.689. The molecule has 0 atom stereocenters. The number of aliphatic hydroxyl groups is 1. The highest BCUT2D eigenvalue weighted by molar-refractivity contribution is 4.96. The van der Waals surface area contributed by atoms with Crippen LogP contribution in [0.25, 0.3) is 0 Å². The summed E-state index contributed by atoms with van der Waals surface area (Å²) >= 11 is 0. The van der Waals surface area contributed by atoms with Gasteiger partial charge in [0.2, 0.25) is 0 Å². The average Bonchev–Trinajstić information content (AvgIpc) is 2.90. The Morgan fingerprint density at radius 2 is 2.25 bits per heavy atom. The van der Waals surface area contributed by atoms with Crippen LogP contribution in [0.1, 0.15) is 11.4 Å². The van der Waals surface area contributed by atoms with Crippen LogP contribution in [0.3, 0.4) is 0 Å². The Morgan fingerprint density at radius 3 is 3.00 bits per heavy atom. The molecule has 2 N–H and O–H groups in total. The molecule has 0 aromatic carbocycles. The fourth-order valence-corrected chi connectivity index (χ4v) is 1.28. The van der Waals surface area contributed by atoms with Gasteiger partial charge in [-0.2, -0.15) is 0 Å². The molecule has 0 fully saturated rings. The first-order valence-corrected chi connectivity index (χ1v) is 4.98.